The number of nitrogens with zero attached hydrogens (tertiary/aromatic N) is 1. The summed E-state index contributed by atoms with van der Waals surface area (Å²) in [4.78, 5) is 23.6. The number of carbonyl (C=O) groups is 2. The fraction of sp³-hybridized carbons (Fsp3) is 0.273. The molecular formula is C22H23NO3. The van der Waals surface area contributed by atoms with Gasteiger partial charge < -0.3 is 9.30 Å². The fourth-order valence-corrected chi connectivity index (χ4v) is 2.95. The van der Waals surface area contributed by atoms with E-state index in [0.717, 1.165) is 28.3 Å². The molecule has 0 amide bonds. The molecule has 0 bridgehead atoms. The maximum atomic E-state index is 12.1. The van der Waals surface area contributed by atoms with Crippen LogP contribution in [0.1, 0.15) is 52.7 Å². The van der Waals surface area contributed by atoms with Crippen LogP contribution < -0.4 is 0 Å². The molecule has 4 heteroatoms. The molecule has 0 saturated carbocycles. The number of hydrogen-bond donors (Lipinski definition) is 0. The van der Waals surface area contributed by atoms with Gasteiger partial charge in [0, 0.05) is 17.4 Å². The molecule has 3 rings (SSSR count). The average Bonchev–Trinajstić information content (AvgIpc) is 2.90. The van der Waals surface area contributed by atoms with Crippen LogP contribution in [0.25, 0.3) is 10.9 Å². The van der Waals surface area contributed by atoms with Crippen molar-refractivity contribution in [1.82, 2.24) is 4.57 Å². The Kier molecular flexibility index (Phi) is 4.68. The molecule has 0 radical (unpaired) electrons. The minimum absolute atomic E-state index is 0.334. The van der Waals surface area contributed by atoms with Crippen LogP contribution in [0.3, 0.4) is 0 Å². The predicted octanol–water partition coefficient (Wildman–Crippen LogP) is 4.77. The fourth-order valence-electron chi connectivity index (χ4n) is 2.95. The summed E-state index contributed by atoms with van der Waals surface area (Å²) in [6.45, 7) is 8.14. The molecule has 0 saturated heterocycles. The largest absolute Gasteiger partial charge is 0.456 e. The first-order chi connectivity index (χ1) is 12.3. The van der Waals surface area contributed by atoms with Crippen molar-refractivity contribution in [2.75, 3.05) is 0 Å². The topological polar surface area (TPSA) is 48.3 Å². The summed E-state index contributed by atoms with van der Waals surface area (Å²) in [7, 11) is 0. The highest BCUT2D eigenvalue weighted by Gasteiger charge is 2.17. The third-order valence-electron chi connectivity index (χ3n) is 4.14. The van der Waals surface area contributed by atoms with Gasteiger partial charge in [-0.1, -0.05) is 23.8 Å². The van der Waals surface area contributed by atoms with E-state index in [2.05, 4.69) is 6.07 Å². The SMILES string of the molecule is Cc1ccc2c(c1)cc(C=O)n2Cc1ccc(C(=O)OC(C)(C)C)cc1. The third kappa shape index (κ3) is 3.85. The van der Waals surface area contributed by atoms with E-state index >= 15 is 0 Å². The van der Waals surface area contributed by atoms with Crippen molar-refractivity contribution < 1.29 is 14.3 Å². The molecule has 0 spiro atoms. The minimum Gasteiger partial charge on any atom is -0.456 e. The number of aldehydes is 1. The summed E-state index contributed by atoms with van der Waals surface area (Å²) in [6.07, 6.45) is 0.879. The highest BCUT2D eigenvalue weighted by atomic mass is 16.6. The molecule has 0 unspecified atom stereocenters. The van der Waals surface area contributed by atoms with Crippen molar-refractivity contribution in [3.05, 3.63) is 70.9 Å². The number of benzene rings is 2. The Hall–Kier alpha value is -2.88. The molecule has 1 heterocycles. The van der Waals surface area contributed by atoms with Gasteiger partial charge in [0.05, 0.1) is 11.3 Å². The van der Waals surface area contributed by atoms with Crippen LogP contribution >= 0.6 is 0 Å². The highest BCUT2D eigenvalue weighted by Crippen LogP contribution is 2.22. The first-order valence-corrected chi connectivity index (χ1v) is 8.64. The van der Waals surface area contributed by atoms with Crippen molar-refractivity contribution in [2.24, 2.45) is 0 Å². The summed E-state index contributed by atoms with van der Waals surface area (Å²) in [5.74, 6) is -0.334. The molecule has 134 valence electrons. The second-order valence-electron chi connectivity index (χ2n) is 7.53. The highest BCUT2D eigenvalue weighted by molar-refractivity contribution is 5.90. The van der Waals surface area contributed by atoms with Gasteiger partial charge in [-0.25, -0.2) is 4.79 Å². The zero-order valence-electron chi connectivity index (χ0n) is 15.6. The molecule has 0 atom stereocenters. The Bertz CT molecular complexity index is 959. The molecule has 2 aromatic carbocycles. The number of rotatable bonds is 4. The Morgan fingerprint density at radius 2 is 1.77 bits per heavy atom. The van der Waals surface area contributed by atoms with Gasteiger partial charge in [-0.05, 0) is 63.6 Å². The lowest BCUT2D eigenvalue weighted by Crippen LogP contribution is -2.23. The molecule has 26 heavy (non-hydrogen) atoms. The van der Waals surface area contributed by atoms with E-state index in [-0.39, 0.29) is 5.97 Å². The van der Waals surface area contributed by atoms with Gasteiger partial charge >= 0.3 is 5.97 Å². The monoisotopic (exact) mass is 349 g/mol. The quantitative estimate of drug-likeness (QED) is 0.504. The average molecular weight is 349 g/mol. The Balaban J connectivity index is 1.87. The summed E-state index contributed by atoms with van der Waals surface area (Å²) < 4.78 is 7.37. The maximum Gasteiger partial charge on any atom is 0.338 e. The van der Waals surface area contributed by atoms with Crippen LogP contribution in [0.5, 0.6) is 0 Å². The standard InChI is InChI=1S/C22H23NO3/c1-15-5-10-20-18(11-15)12-19(14-24)23(20)13-16-6-8-17(9-7-16)21(25)26-22(2,3)4/h5-12,14H,13H2,1-4H3. The van der Waals surface area contributed by atoms with Crippen molar-refractivity contribution in [3.63, 3.8) is 0 Å². The zero-order chi connectivity index (χ0) is 18.9. The Labute approximate surface area is 153 Å². The Morgan fingerprint density at radius 1 is 1.08 bits per heavy atom. The van der Waals surface area contributed by atoms with Gasteiger partial charge in [0.1, 0.15) is 5.60 Å². The van der Waals surface area contributed by atoms with E-state index in [1.165, 1.54) is 0 Å². The van der Waals surface area contributed by atoms with Crippen molar-refractivity contribution >= 4 is 23.2 Å². The maximum absolute atomic E-state index is 12.1. The van der Waals surface area contributed by atoms with E-state index in [9.17, 15) is 9.59 Å². The molecule has 0 aliphatic heterocycles. The number of ether oxygens (including phenoxy) is 1. The lowest BCUT2D eigenvalue weighted by molar-refractivity contribution is 0.00694. The van der Waals surface area contributed by atoms with Crippen LogP contribution in [-0.4, -0.2) is 22.4 Å². The molecule has 0 fully saturated rings. The van der Waals surface area contributed by atoms with Crippen LogP contribution in [0, 0.1) is 6.92 Å². The lowest BCUT2D eigenvalue weighted by Gasteiger charge is -2.19. The van der Waals surface area contributed by atoms with Gasteiger partial charge in [0.15, 0.2) is 6.29 Å². The van der Waals surface area contributed by atoms with Gasteiger partial charge in [-0.2, -0.15) is 0 Å². The summed E-state index contributed by atoms with van der Waals surface area (Å²) in [5, 5.41) is 1.05. The number of carbonyl (C=O) groups excluding carboxylic acids is 2. The number of fused-ring (bicyclic) bond motifs is 1. The normalized spacial score (nSPS) is 11.5. The van der Waals surface area contributed by atoms with Gasteiger partial charge in [0.25, 0.3) is 0 Å². The number of aryl methyl sites for hydroxylation is 1. The zero-order valence-corrected chi connectivity index (χ0v) is 15.6. The molecule has 1 aromatic heterocycles. The number of hydrogen-bond acceptors (Lipinski definition) is 3. The smallest absolute Gasteiger partial charge is 0.338 e. The molecule has 0 aliphatic carbocycles. The van der Waals surface area contributed by atoms with E-state index < -0.39 is 5.60 Å². The lowest BCUT2D eigenvalue weighted by atomic mass is 10.1. The molecule has 3 aromatic rings. The Morgan fingerprint density at radius 3 is 2.38 bits per heavy atom. The molecule has 0 N–H and O–H groups in total. The second kappa shape index (κ2) is 6.79. The van der Waals surface area contributed by atoms with Crippen LogP contribution in [0.4, 0.5) is 0 Å². The first kappa shape index (κ1) is 17.9. The predicted molar refractivity (Wildman–Crippen MR) is 103 cm³/mol. The molecular weight excluding hydrogens is 326 g/mol. The van der Waals surface area contributed by atoms with Crippen molar-refractivity contribution in [3.8, 4) is 0 Å². The third-order valence-corrected chi connectivity index (χ3v) is 4.14. The van der Waals surface area contributed by atoms with E-state index in [0.29, 0.717) is 17.8 Å². The summed E-state index contributed by atoms with van der Waals surface area (Å²) in [5.41, 5.74) is 3.84. The summed E-state index contributed by atoms with van der Waals surface area (Å²) in [6, 6.07) is 15.4. The van der Waals surface area contributed by atoms with Crippen molar-refractivity contribution in [2.45, 2.75) is 39.8 Å². The summed E-state index contributed by atoms with van der Waals surface area (Å²) >= 11 is 0. The van der Waals surface area contributed by atoms with E-state index in [1.807, 2.05) is 62.6 Å². The van der Waals surface area contributed by atoms with E-state index in [1.54, 1.807) is 12.1 Å². The van der Waals surface area contributed by atoms with Gasteiger partial charge in [0.2, 0.25) is 0 Å². The van der Waals surface area contributed by atoms with E-state index in [4.69, 9.17) is 4.74 Å². The number of aromatic nitrogens is 1. The van der Waals surface area contributed by atoms with Gasteiger partial charge in [-0.15, -0.1) is 0 Å². The van der Waals surface area contributed by atoms with Crippen molar-refractivity contribution in [1.29, 1.82) is 0 Å². The second-order valence-corrected chi connectivity index (χ2v) is 7.53. The van der Waals surface area contributed by atoms with Crippen LogP contribution in [0.15, 0.2) is 48.5 Å². The number of esters is 1. The molecule has 0 aliphatic rings. The molecule has 4 nitrogen and oxygen atoms in total. The first-order valence-electron chi connectivity index (χ1n) is 8.64. The van der Waals surface area contributed by atoms with Gasteiger partial charge in [-0.3, -0.25) is 4.79 Å². The minimum atomic E-state index is -0.517. The van der Waals surface area contributed by atoms with Crippen LogP contribution in [-0.2, 0) is 11.3 Å². The van der Waals surface area contributed by atoms with Crippen LogP contribution in [0.2, 0.25) is 0 Å².